The lowest BCUT2D eigenvalue weighted by molar-refractivity contribution is -0.151. The highest BCUT2D eigenvalue weighted by Gasteiger charge is 2.65. The number of esters is 1. The van der Waals surface area contributed by atoms with Crippen molar-refractivity contribution in [1.82, 2.24) is 0 Å². The summed E-state index contributed by atoms with van der Waals surface area (Å²) in [7, 11) is 0. The first-order valence-corrected chi connectivity index (χ1v) is 11.1. The van der Waals surface area contributed by atoms with E-state index in [0.29, 0.717) is 25.2 Å². The fourth-order valence-electron chi connectivity index (χ4n) is 8.05. The maximum absolute atomic E-state index is 12.6. The molecule has 0 aromatic rings. The van der Waals surface area contributed by atoms with Crippen molar-refractivity contribution in [3.05, 3.63) is 11.6 Å². The van der Waals surface area contributed by atoms with Gasteiger partial charge < -0.3 is 9.84 Å². The van der Waals surface area contributed by atoms with Gasteiger partial charge in [-0.3, -0.25) is 14.4 Å². The zero-order valence-corrected chi connectivity index (χ0v) is 18.3. The normalized spacial score (nSPS) is 48.8. The van der Waals surface area contributed by atoms with E-state index in [1.54, 1.807) is 13.0 Å². The zero-order chi connectivity index (χ0) is 21.4. The fraction of sp³-hybridized carbons (Fsp3) is 0.792. The molecule has 0 spiro atoms. The maximum Gasteiger partial charge on any atom is 0.302 e. The molecule has 0 amide bonds. The van der Waals surface area contributed by atoms with Gasteiger partial charge in [0, 0.05) is 13.3 Å². The first-order valence-electron chi connectivity index (χ1n) is 11.1. The van der Waals surface area contributed by atoms with E-state index in [0.717, 1.165) is 24.8 Å². The van der Waals surface area contributed by atoms with Crippen molar-refractivity contribution in [3.63, 3.8) is 0 Å². The van der Waals surface area contributed by atoms with Gasteiger partial charge in [-0.15, -0.1) is 0 Å². The third-order valence-electron chi connectivity index (χ3n) is 9.04. The first kappa shape index (κ1) is 20.8. The predicted molar refractivity (Wildman–Crippen MR) is 108 cm³/mol. The molecule has 29 heavy (non-hydrogen) atoms. The highest BCUT2D eigenvalue weighted by Crippen LogP contribution is 2.68. The van der Waals surface area contributed by atoms with Crippen LogP contribution in [0.3, 0.4) is 0 Å². The maximum atomic E-state index is 12.6. The second kappa shape index (κ2) is 6.50. The van der Waals surface area contributed by atoms with Crippen LogP contribution in [0.15, 0.2) is 11.6 Å². The Labute approximate surface area is 173 Å². The monoisotopic (exact) mass is 402 g/mol. The molecule has 4 aliphatic rings. The molecule has 1 N–H and O–H groups in total. The molecule has 0 aromatic heterocycles. The van der Waals surface area contributed by atoms with Crippen molar-refractivity contribution >= 4 is 17.5 Å². The number of rotatable bonds is 2. The van der Waals surface area contributed by atoms with Crippen LogP contribution >= 0.6 is 0 Å². The fourth-order valence-corrected chi connectivity index (χ4v) is 8.05. The van der Waals surface area contributed by atoms with Crippen LogP contribution in [0.1, 0.15) is 73.1 Å². The predicted octanol–water partition coefficient (Wildman–Crippen LogP) is 3.63. The number of hydrogen-bond donors (Lipinski definition) is 1. The molecule has 3 fully saturated rings. The number of ether oxygens (including phenoxy) is 1. The van der Waals surface area contributed by atoms with E-state index in [2.05, 4.69) is 13.8 Å². The van der Waals surface area contributed by atoms with Gasteiger partial charge in [0.25, 0.3) is 0 Å². The summed E-state index contributed by atoms with van der Waals surface area (Å²) in [5.74, 6) is 0.451. The second-order valence-electron chi connectivity index (χ2n) is 10.8. The largest absolute Gasteiger partial charge is 0.462 e. The molecular weight excluding hydrogens is 368 g/mol. The van der Waals surface area contributed by atoms with Gasteiger partial charge >= 0.3 is 5.97 Å². The molecule has 8 atom stereocenters. The van der Waals surface area contributed by atoms with Crippen molar-refractivity contribution < 1.29 is 24.2 Å². The van der Waals surface area contributed by atoms with Crippen molar-refractivity contribution in [2.24, 2.45) is 34.5 Å². The van der Waals surface area contributed by atoms with Crippen LogP contribution in [0.5, 0.6) is 0 Å². The Balaban J connectivity index is 1.75. The second-order valence-corrected chi connectivity index (χ2v) is 10.8. The van der Waals surface area contributed by atoms with Crippen LogP contribution in [0.2, 0.25) is 0 Å². The topological polar surface area (TPSA) is 80.7 Å². The molecule has 4 rings (SSSR count). The summed E-state index contributed by atoms with van der Waals surface area (Å²) in [6, 6.07) is 0. The van der Waals surface area contributed by atoms with Gasteiger partial charge in [0.05, 0.1) is 11.5 Å². The van der Waals surface area contributed by atoms with E-state index < -0.39 is 5.60 Å². The van der Waals surface area contributed by atoms with Crippen molar-refractivity contribution in [2.75, 3.05) is 0 Å². The number of aliphatic hydroxyl groups is 1. The summed E-state index contributed by atoms with van der Waals surface area (Å²) >= 11 is 0. The molecule has 4 aliphatic carbocycles. The molecule has 0 aromatic carbocycles. The summed E-state index contributed by atoms with van der Waals surface area (Å²) in [6.07, 6.45) is 5.83. The average molecular weight is 403 g/mol. The Bertz CT molecular complexity index is 795. The van der Waals surface area contributed by atoms with E-state index in [4.69, 9.17) is 4.74 Å². The standard InChI is InChI=1S/C24H34O5/c1-13(25)21-19(29-14(2)26)11-18-16-12-24(5,28)20-10-15(27)6-8-22(20,3)17(16)7-9-23(18,21)4/h10,16-19,21,28H,6-9,11-12H2,1-5H3/t16-,17+,18+,19-,21+,22-,23+,24-/m1/s1. The number of fused-ring (bicyclic) bond motifs is 5. The molecular formula is C24H34O5. The Morgan fingerprint density at radius 2 is 1.83 bits per heavy atom. The Kier molecular flexibility index (Phi) is 4.66. The highest BCUT2D eigenvalue weighted by molar-refractivity contribution is 5.92. The average Bonchev–Trinajstić information content (AvgIpc) is 2.88. The Hall–Kier alpha value is -1.49. The van der Waals surface area contributed by atoms with Gasteiger partial charge in [-0.2, -0.15) is 0 Å². The molecule has 5 heteroatoms. The first-order chi connectivity index (χ1) is 13.4. The van der Waals surface area contributed by atoms with E-state index in [1.165, 1.54) is 6.92 Å². The molecule has 3 saturated carbocycles. The molecule has 0 bridgehead atoms. The summed E-state index contributed by atoms with van der Waals surface area (Å²) in [5.41, 5.74) is -0.517. The third kappa shape index (κ3) is 2.95. The van der Waals surface area contributed by atoms with E-state index >= 15 is 0 Å². The lowest BCUT2D eigenvalue weighted by Crippen LogP contribution is -2.57. The van der Waals surface area contributed by atoms with Gasteiger partial charge in [0.2, 0.25) is 0 Å². The van der Waals surface area contributed by atoms with Crippen molar-refractivity contribution in [3.8, 4) is 0 Å². The number of ketones is 2. The van der Waals surface area contributed by atoms with Crippen molar-refractivity contribution in [1.29, 1.82) is 0 Å². The van der Waals surface area contributed by atoms with Crippen LogP contribution in [-0.4, -0.2) is 34.3 Å². The summed E-state index contributed by atoms with van der Waals surface area (Å²) < 4.78 is 5.64. The van der Waals surface area contributed by atoms with Crippen LogP contribution in [0, 0.1) is 34.5 Å². The molecule has 5 nitrogen and oxygen atoms in total. The Morgan fingerprint density at radius 1 is 1.14 bits per heavy atom. The number of hydrogen-bond acceptors (Lipinski definition) is 5. The van der Waals surface area contributed by atoms with Crippen LogP contribution in [-0.2, 0) is 19.1 Å². The number of Topliss-reactive ketones (excluding diaryl/α,β-unsaturated/α-hetero) is 1. The van der Waals surface area contributed by atoms with Gasteiger partial charge in [-0.05, 0) is 86.2 Å². The van der Waals surface area contributed by atoms with E-state index in [9.17, 15) is 19.5 Å². The minimum absolute atomic E-state index is 0.0947. The Morgan fingerprint density at radius 3 is 2.45 bits per heavy atom. The highest BCUT2D eigenvalue weighted by atomic mass is 16.5. The van der Waals surface area contributed by atoms with Crippen molar-refractivity contribution in [2.45, 2.75) is 84.8 Å². The molecule has 0 heterocycles. The number of carbonyl (C=O) groups excluding carboxylic acids is 3. The smallest absolute Gasteiger partial charge is 0.302 e. The molecule has 0 radical (unpaired) electrons. The van der Waals surface area contributed by atoms with Gasteiger partial charge in [-0.25, -0.2) is 0 Å². The van der Waals surface area contributed by atoms with E-state index in [-0.39, 0.29) is 52.2 Å². The number of carbonyl (C=O) groups is 3. The van der Waals surface area contributed by atoms with Crippen LogP contribution in [0.25, 0.3) is 0 Å². The SMILES string of the molecule is CC(=O)O[C@@H]1C[C@H]2[C@@H]3C[C@@](C)(O)C4=CC(=O)CC[C@]4(C)[C@H]3CC[C@]2(C)[C@H]1C(C)=O. The molecule has 160 valence electrons. The zero-order valence-electron chi connectivity index (χ0n) is 18.3. The van der Waals surface area contributed by atoms with E-state index in [1.807, 2.05) is 6.92 Å². The quantitative estimate of drug-likeness (QED) is 0.714. The molecule has 0 saturated heterocycles. The van der Waals surface area contributed by atoms with Crippen LogP contribution in [0.4, 0.5) is 0 Å². The van der Waals surface area contributed by atoms with Gasteiger partial charge in [0.15, 0.2) is 5.78 Å². The molecule has 0 aliphatic heterocycles. The van der Waals surface area contributed by atoms with Crippen LogP contribution < -0.4 is 0 Å². The summed E-state index contributed by atoms with van der Waals surface area (Å²) in [4.78, 5) is 36.5. The summed E-state index contributed by atoms with van der Waals surface area (Å²) in [6.45, 7) is 9.29. The van der Waals surface area contributed by atoms with Gasteiger partial charge in [-0.1, -0.05) is 13.8 Å². The lowest BCUT2D eigenvalue weighted by Gasteiger charge is -2.61. The summed E-state index contributed by atoms with van der Waals surface area (Å²) in [5, 5.41) is 11.4. The lowest BCUT2D eigenvalue weighted by atomic mass is 9.44. The minimum Gasteiger partial charge on any atom is -0.462 e. The third-order valence-corrected chi connectivity index (χ3v) is 9.04. The minimum atomic E-state index is -1.02. The molecule has 0 unspecified atom stereocenters. The van der Waals surface area contributed by atoms with Gasteiger partial charge in [0.1, 0.15) is 11.9 Å².